The van der Waals surface area contributed by atoms with Gasteiger partial charge in [-0.3, -0.25) is 9.69 Å². The zero-order valence-corrected chi connectivity index (χ0v) is 14.9. The van der Waals surface area contributed by atoms with E-state index in [1.54, 1.807) is 12.1 Å². The van der Waals surface area contributed by atoms with Gasteiger partial charge in [-0.25, -0.2) is 13.2 Å². The average molecular weight is 374 g/mol. The van der Waals surface area contributed by atoms with E-state index < -0.39 is 17.5 Å². The molecule has 1 amide bonds. The van der Waals surface area contributed by atoms with Crippen LogP contribution in [0.4, 0.5) is 13.2 Å². The lowest BCUT2D eigenvalue weighted by Gasteiger charge is -2.29. The Balaban J connectivity index is 1.67. The number of primary amides is 1. The molecule has 6 heteroatoms. The second-order valence-corrected chi connectivity index (χ2v) is 6.77. The Bertz CT molecular complexity index is 852. The summed E-state index contributed by atoms with van der Waals surface area (Å²) in [5, 5.41) is 0. The maximum atomic E-state index is 13.4. The van der Waals surface area contributed by atoms with Gasteiger partial charge in [-0.2, -0.15) is 0 Å². The van der Waals surface area contributed by atoms with E-state index in [2.05, 4.69) is 4.90 Å². The lowest BCUT2D eigenvalue weighted by atomic mass is 9.92. The zero-order valence-electron chi connectivity index (χ0n) is 14.9. The maximum Gasteiger partial charge on any atom is 0.244 e. The number of carbonyl (C=O) groups excluding carboxylic acids is 1. The van der Waals surface area contributed by atoms with Crippen LogP contribution in [0.15, 0.2) is 53.6 Å². The lowest BCUT2D eigenvalue weighted by Crippen LogP contribution is -2.32. The predicted octanol–water partition coefficient (Wildman–Crippen LogP) is 3.72. The summed E-state index contributed by atoms with van der Waals surface area (Å²) in [5.41, 5.74) is 8.52. The highest BCUT2D eigenvalue weighted by Gasteiger charge is 2.20. The predicted molar refractivity (Wildman–Crippen MR) is 97.2 cm³/mol. The Kier molecular flexibility index (Phi) is 5.96. The van der Waals surface area contributed by atoms with E-state index in [-0.39, 0.29) is 12.2 Å². The van der Waals surface area contributed by atoms with Gasteiger partial charge in [-0.1, -0.05) is 23.8 Å². The van der Waals surface area contributed by atoms with Gasteiger partial charge in [-0.15, -0.1) is 0 Å². The second-order valence-electron chi connectivity index (χ2n) is 6.77. The van der Waals surface area contributed by atoms with Crippen LogP contribution in [0.2, 0.25) is 0 Å². The second kappa shape index (κ2) is 8.39. The SMILES string of the molecule is NC(=O)C(Cc1ccc(F)c(F)c1)=C1CCN(Cc2ccc(F)cc2)CC1. The Labute approximate surface area is 156 Å². The van der Waals surface area contributed by atoms with Crippen molar-refractivity contribution in [1.29, 1.82) is 0 Å². The van der Waals surface area contributed by atoms with E-state index >= 15 is 0 Å². The van der Waals surface area contributed by atoms with Crippen LogP contribution in [0.3, 0.4) is 0 Å². The van der Waals surface area contributed by atoms with Crippen LogP contribution in [0.5, 0.6) is 0 Å². The van der Waals surface area contributed by atoms with Gasteiger partial charge >= 0.3 is 0 Å². The Morgan fingerprint density at radius 2 is 1.56 bits per heavy atom. The van der Waals surface area contributed by atoms with Crippen LogP contribution >= 0.6 is 0 Å². The number of hydrogen-bond acceptors (Lipinski definition) is 2. The quantitative estimate of drug-likeness (QED) is 0.811. The average Bonchev–Trinajstić information content (AvgIpc) is 2.65. The minimum atomic E-state index is -0.935. The highest BCUT2D eigenvalue weighted by molar-refractivity contribution is 5.93. The molecule has 0 saturated carbocycles. The van der Waals surface area contributed by atoms with Crippen molar-refractivity contribution in [3.8, 4) is 0 Å². The highest BCUT2D eigenvalue weighted by Crippen LogP contribution is 2.24. The summed E-state index contributed by atoms with van der Waals surface area (Å²) in [7, 11) is 0. The van der Waals surface area contributed by atoms with Crippen molar-refractivity contribution < 1.29 is 18.0 Å². The summed E-state index contributed by atoms with van der Waals surface area (Å²) in [5.74, 6) is -2.63. The molecule has 142 valence electrons. The first kappa shape index (κ1) is 19.2. The number of nitrogens with zero attached hydrogens (tertiary/aromatic N) is 1. The number of halogens is 3. The zero-order chi connectivity index (χ0) is 19.4. The van der Waals surface area contributed by atoms with Gasteiger partial charge in [0.05, 0.1) is 0 Å². The number of hydrogen-bond donors (Lipinski definition) is 1. The summed E-state index contributed by atoms with van der Waals surface area (Å²) in [6.45, 7) is 2.21. The van der Waals surface area contributed by atoms with Crippen LogP contribution in [0.25, 0.3) is 0 Å². The van der Waals surface area contributed by atoms with E-state index in [1.165, 1.54) is 18.2 Å². The number of benzene rings is 2. The van der Waals surface area contributed by atoms with Gasteiger partial charge in [0, 0.05) is 31.6 Å². The maximum absolute atomic E-state index is 13.4. The topological polar surface area (TPSA) is 46.3 Å². The first-order chi connectivity index (χ1) is 12.9. The van der Waals surface area contributed by atoms with E-state index in [4.69, 9.17) is 5.73 Å². The van der Waals surface area contributed by atoms with E-state index in [0.717, 1.165) is 36.4 Å². The molecular formula is C21H21F3N2O. The smallest absolute Gasteiger partial charge is 0.244 e. The summed E-state index contributed by atoms with van der Waals surface area (Å²) in [4.78, 5) is 14.1. The van der Waals surface area contributed by atoms with Gasteiger partial charge in [-0.05, 0) is 48.2 Å². The molecule has 1 aliphatic rings. The number of nitrogens with two attached hydrogens (primary N) is 1. The summed E-state index contributed by atoms with van der Waals surface area (Å²) in [6, 6.07) is 10.0. The molecule has 2 N–H and O–H groups in total. The molecule has 0 unspecified atom stereocenters. The van der Waals surface area contributed by atoms with Crippen molar-refractivity contribution in [2.24, 2.45) is 5.73 Å². The lowest BCUT2D eigenvalue weighted by molar-refractivity contribution is -0.114. The summed E-state index contributed by atoms with van der Waals surface area (Å²) >= 11 is 0. The minimum absolute atomic E-state index is 0.194. The van der Waals surface area contributed by atoms with Crippen molar-refractivity contribution in [3.05, 3.63) is 82.2 Å². The van der Waals surface area contributed by atoms with Crippen molar-refractivity contribution in [2.75, 3.05) is 13.1 Å². The third-order valence-corrected chi connectivity index (χ3v) is 4.87. The first-order valence-corrected chi connectivity index (χ1v) is 8.84. The molecule has 0 atom stereocenters. The van der Waals surface area contributed by atoms with Crippen molar-refractivity contribution in [1.82, 2.24) is 4.90 Å². The molecular weight excluding hydrogens is 353 g/mol. The normalized spacial score (nSPS) is 15.0. The first-order valence-electron chi connectivity index (χ1n) is 8.84. The highest BCUT2D eigenvalue weighted by atomic mass is 19.2. The molecule has 27 heavy (non-hydrogen) atoms. The Morgan fingerprint density at radius 3 is 2.15 bits per heavy atom. The van der Waals surface area contributed by atoms with Gasteiger partial charge in [0.25, 0.3) is 0 Å². The molecule has 2 aromatic carbocycles. The van der Waals surface area contributed by atoms with E-state index in [0.29, 0.717) is 30.5 Å². The fraction of sp³-hybridized carbons (Fsp3) is 0.286. The fourth-order valence-electron chi connectivity index (χ4n) is 3.37. The van der Waals surface area contributed by atoms with Crippen LogP contribution in [0.1, 0.15) is 24.0 Å². The third kappa shape index (κ3) is 4.98. The number of amides is 1. The largest absolute Gasteiger partial charge is 0.366 e. The van der Waals surface area contributed by atoms with Crippen molar-refractivity contribution in [3.63, 3.8) is 0 Å². The van der Waals surface area contributed by atoms with E-state index in [9.17, 15) is 18.0 Å². The van der Waals surface area contributed by atoms with Gasteiger partial charge < -0.3 is 5.73 Å². The fourth-order valence-corrected chi connectivity index (χ4v) is 3.37. The molecule has 3 rings (SSSR count). The van der Waals surface area contributed by atoms with E-state index in [1.807, 2.05) is 0 Å². The standard InChI is InChI=1S/C21H21F3N2O/c22-17-4-1-14(2-5-17)13-26-9-7-16(8-10-26)18(21(25)27)11-15-3-6-19(23)20(24)12-15/h1-6,12H,7-11,13H2,(H2,25,27). The molecule has 1 heterocycles. The molecule has 0 bridgehead atoms. The van der Waals surface area contributed by atoms with Crippen LogP contribution in [-0.4, -0.2) is 23.9 Å². The third-order valence-electron chi connectivity index (χ3n) is 4.87. The van der Waals surface area contributed by atoms with Crippen LogP contribution in [0, 0.1) is 17.5 Å². The molecule has 2 aromatic rings. The molecule has 1 aliphatic heterocycles. The Morgan fingerprint density at radius 1 is 0.926 bits per heavy atom. The Hall–Kier alpha value is -2.60. The number of carbonyl (C=O) groups is 1. The number of piperidine rings is 1. The summed E-state index contributed by atoms with van der Waals surface area (Å²) < 4.78 is 39.5. The number of rotatable bonds is 5. The molecule has 1 fully saturated rings. The minimum Gasteiger partial charge on any atom is -0.366 e. The summed E-state index contributed by atoms with van der Waals surface area (Å²) in [6.07, 6.45) is 1.56. The molecule has 0 aliphatic carbocycles. The molecule has 0 spiro atoms. The molecule has 0 aromatic heterocycles. The van der Waals surface area contributed by atoms with Gasteiger partial charge in [0.2, 0.25) is 5.91 Å². The molecule has 3 nitrogen and oxygen atoms in total. The molecule has 0 radical (unpaired) electrons. The molecule has 1 saturated heterocycles. The van der Waals surface area contributed by atoms with Crippen LogP contribution in [-0.2, 0) is 17.8 Å². The van der Waals surface area contributed by atoms with Gasteiger partial charge in [0.1, 0.15) is 5.82 Å². The van der Waals surface area contributed by atoms with Crippen LogP contribution < -0.4 is 5.73 Å². The van der Waals surface area contributed by atoms with Crippen molar-refractivity contribution in [2.45, 2.75) is 25.8 Å². The van der Waals surface area contributed by atoms with Crippen molar-refractivity contribution >= 4 is 5.91 Å². The monoisotopic (exact) mass is 374 g/mol. The van der Waals surface area contributed by atoms with Gasteiger partial charge in [0.15, 0.2) is 11.6 Å². The number of likely N-dealkylation sites (tertiary alicyclic amines) is 1.